The molecule has 0 fully saturated rings. The van der Waals surface area contributed by atoms with Gasteiger partial charge in [0.2, 0.25) is 10.0 Å². The third-order valence-electron chi connectivity index (χ3n) is 2.28. The molecule has 0 aliphatic rings. The zero-order valence-electron chi connectivity index (χ0n) is 10.8. The average Bonchev–Trinajstić information content (AvgIpc) is 2.38. The van der Waals surface area contributed by atoms with Crippen LogP contribution in [0.3, 0.4) is 0 Å². The van der Waals surface area contributed by atoms with E-state index in [1.54, 1.807) is 7.05 Å². The first kappa shape index (κ1) is 19.2. The van der Waals surface area contributed by atoms with Crippen molar-refractivity contribution in [3.05, 3.63) is 38.4 Å². The highest BCUT2D eigenvalue weighted by Crippen LogP contribution is 2.25. The first-order valence-electron chi connectivity index (χ1n) is 5.36. The molecule has 0 aliphatic carbocycles. The maximum atomic E-state index is 11.9. The summed E-state index contributed by atoms with van der Waals surface area (Å²) in [5, 5.41) is 24.1. The minimum Gasteiger partial charge on any atom is -0.318 e. The molecule has 0 spiro atoms. The van der Waals surface area contributed by atoms with Gasteiger partial charge >= 0.3 is 0 Å². The molecule has 0 saturated heterocycles. The number of halogens is 1. The first-order valence-corrected chi connectivity index (χ1v) is 6.84. The Balaban J connectivity index is 0.00000400. The molecule has 0 saturated carbocycles. The third kappa shape index (κ3) is 5.23. The van der Waals surface area contributed by atoms with Gasteiger partial charge in [-0.3, -0.25) is 20.2 Å². The number of nitrogens with zero attached hydrogens (tertiary/aromatic N) is 2. The minimum absolute atomic E-state index is 0. The van der Waals surface area contributed by atoms with Gasteiger partial charge in [0.15, 0.2) is 0 Å². The first-order chi connectivity index (χ1) is 9.27. The van der Waals surface area contributed by atoms with Crippen LogP contribution < -0.4 is 10.0 Å². The van der Waals surface area contributed by atoms with Crippen LogP contribution in [0.25, 0.3) is 0 Å². The number of hydrogen-bond donors (Lipinski definition) is 2. The quantitative estimate of drug-likeness (QED) is 0.415. The molecule has 0 aromatic heterocycles. The predicted molar refractivity (Wildman–Crippen MR) is 76.1 cm³/mol. The summed E-state index contributed by atoms with van der Waals surface area (Å²) in [6.07, 6.45) is 0. The van der Waals surface area contributed by atoms with E-state index in [1.807, 2.05) is 0 Å². The van der Waals surface area contributed by atoms with Crippen LogP contribution >= 0.6 is 12.4 Å². The average molecular weight is 341 g/mol. The lowest BCUT2D eigenvalue weighted by atomic mass is 10.3. The lowest BCUT2D eigenvalue weighted by Crippen LogP contribution is -2.30. The van der Waals surface area contributed by atoms with E-state index in [0.29, 0.717) is 12.6 Å². The van der Waals surface area contributed by atoms with Gasteiger partial charge in [0, 0.05) is 25.2 Å². The van der Waals surface area contributed by atoms with E-state index < -0.39 is 36.1 Å². The van der Waals surface area contributed by atoms with Gasteiger partial charge in [0.05, 0.1) is 20.8 Å². The molecular formula is C9H13ClN4O6S. The standard InChI is InChI=1S/C9H12N4O6S.ClH/c1-10-2-3-11-20(18,19)9-5-7(12(14)15)4-8(6-9)13(16)17;/h4-6,10-11H,2-3H2,1H3;1H. The summed E-state index contributed by atoms with van der Waals surface area (Å²) < 4.78 is 25.9. The van der Waals surface area contributed by atoms with Crippen molar-refractivity contribution < 1.29 is 18.3 Å². The van der Waals surface area contributed by atoms with E-state index in [-0.39, 0.29) is 19.0 Å². The predicted octanol–water partition coefficient (Wildman–Crippen LogP) is 0.423. The second kappa shape index (κ2) is 7.83. The van der Waals surface area contributed by atoms with Crippen LogP contribution in [0.15, 0.2) is 23.1 Å². The summed E-state index contributed by atoms with van der Waals surface area (Å²) in [6.45, 7) is 0.394. The Kier molecular flexibility index (Phi) is 7.15. The Morgan fingerprint density at radius 1 is 1.05 bits per heavy atom. The second-order valence-corrected chi connectivity index (χ2v) is 5.47. The molecule has 1 rings (SSSR count). The minimum atomic E-state index is -4.04. The number of sulfonamides is 1. The van der Waals surface area contributed by atoms with Crippen LogP contribution in [0, 0.1) is 20.2 Å². The highest BCUT2D eigenvalue weighted by atomic mass is 35.5. The number of rotatable bonds is 7. The monoisotopic (exact) mass is 340 g/mol. The van der Waals surface area contributed by atoms with Crippen molar-refractivity contribution in [1.29, 1.82) is 0 Å². The zero-order chi connectivity index (χ0) is 15.3. The molecular weight excluding hydrogens is 328 g/mol. The Labute approximate surface area is 126 Å². The van der Waals surface area contributed by atoms with Gasteiger partial charge in [-0.15, -0.1) is 12.4 Å². The summed E-state index contributed by atoms with van der Waals surface area (Å²) in [4.78, 5) is 19.0. The van der Waals surface area contributed by atoms with Gasteiger partial charge in [-0.1, -0.05) is 0 Å². The Morgan fingerprint density at radius 3 is 1.90 bits per heavy atom. The van der Waals surface area contributed by atoms with Crippen molar-refractivity contribution in [2.24, 2.45) is 0 Å². The molecule has 2 N–H and O–H groups in total. The van der Waals surface area contributed by atoms with E-state index in [2.05, 4.69) is 10.0 Å². The molecule has 0 amide bonds. The van der Waals surface area contributed by atoms with E-state index in [0.717, 1.165) is 12.1 Å². The van der Waals surface area contributed by atoms with Gasteiger partial charge in [0.25, 0.3) is 11.4 Å². The van der Waals surface area contributed by atoms with Crippen molar-refractivity contribution in [2.75, 3.05) is 20.1 Å². The lowest BCUT2D eigenvalue weighted by molar-refractivity contribution is -0.394. The topological polar surface area (TPSA) is 144 Å². The molecule has 10 nitrogen and oxygen atoms in total. The summed E-state index contributed by atoms with van der Waals surface area (Å²) in [5.74, 6) is 0. The SMILES string of the molecule is CNCCNS(=O)(=O)c1cc([N+](=O)[O-])cc([N+](=O)[O-])c1.Cl. The summed E-state index contributed by atoms with van der Waals surface area (Å²) in [6, 6.07) is 2.25. The summed E-state index contributed by atoms with van der Waals surface area (Å²) in [7, 11) is -2.43. The number of nitro benzene ring substituents is 2. The van der Waals surface area contributed by atoms with E-state index in [9.17, 15) is 28.6 Å². The van der Waals surface area contributed by atoms with Crippen molar-refractivity contribution in [3.8, 4) is 0 Å². The molecule has 0 bridgehead atoms. The van der Waals surface area contributed by atoms with Crippen LogP contribution in [0.5, 0.6) is 0 Å². The van der Waals surface area contributed by atoms with Gasteiger partial charge < -0.3 is 5.32 Å². The Morgan fingerprint density at radius 2 is 1.52 bits per heavy atom. The molecule has 0 heterocycles. The maximum absolute atomic E-state index is 11.9. The molecule has 118 valence electrons. The number of non-ortho nitro benzene ring substituents is 2. The van der Waals surface area contributed by atoms with Gasteiger partial charge in [-0.25, -0.2) is 13.1 Å². The largest absolute Gasteiger partial charge is 0.318 e. The third-order valence-corrected chi connectivity index (χ3v) is 3.72. The molecule has 1 aromatic rings. The fourth-order valence-electron chi connectivity index (χ4n) is 1.33. The highest BCUT2D eigenvalue weighted by Gasteiger charge is 2.23. The molecule has 0 unspecified atom stereocenters. The molecule has 0 aliphatic heterocycles. The van der Waals surface area contributed by atoms with Crippen molar-refractivity contribution in [1.82, 2.24) is 10.0 Å². The molecule has 21 heavy (non-hydrogen) atoms. The smallest absolute Gasteiger partial charge is 0.277 e. The number of nitro groups is 2. The second-order valence-electron chi connectivity index (χ2n) is 3.70. The highest BCUT2D eigenvalue weighted by molar-refractivity contribution is 7.89. The summed E-state index contributed by atoms with van der Waals surface area (Å²) in [5.41, 5.74) is -1.32. The number of likely N-dealkylation sites (N-methyl/N-ethyl adjacent to an activating group) is 1. The Bertz CT molecular complexity index is 603. The van der Waals surface area contributed by atoms with Crippen LogP contribution in [-0.4, -0.2) is 38.4 Å². The van der Waals surface area contributed by atoms with Crippen molar-refractivity contribution in [2.45, 2.75) is 4.90 Å². The van der Waals surface area contributed by atoms with E-state index in [1.165, 1.54) is 0 Å². The van der Waals surface area contributed by atoms with Crippen LogP contribution in [0.2, 0.25) is 0 Å². The molecule has 1 aromatic carbocycles. The molecule has 0 radical (unpaired) electrons. The zero-order valence-corrected chi connectivity index (χ0v) is 12.4. The van der Waals surface area contributed by atoms with Crippen LogP contribution in [0.1, 0.15) is 0 Å². The normalized spacial score (nSPS) is 10.7. The van der Waals surface area contributed by atoms with Crippen LogP contribution in [0.4, 0.5) is 11.4 Å². The van der Waals surface area contributed by atoms with Crippen molar-refractivity contribution >= 4 is 33.8 Å². The van der Waals surface area contributed by atoms with Gasteiger partial charge in [-0.05, 0) is 7.05 Å². The Hall–Kier alpha value is -1.82. The maximum Gasteiger partial charge on any atom is 0.277 e. The number of benzene rings is 1. The number of hydrogen-bond acceptors (Lipinski definition) is 7. The van der Waals surface area contributed by atoms with Gasteiger partial charge in [-0.2, -0.15) is 0 Å². The van der Waals surface area contributed by atoms with E-state index in [4.69, 9.17) is 0 Å². The number of nitrogens with one attached hydrogen (secondary N) is 2. The van der Waals surface area contributed by atoms with Gasteiger partial charge in [0.1, 0.15) is 0 Å². The van der Waals surface area contributed by atoms with Crippen molar-refractivity contribution in [3.63, 3.8) is 0 Å². The van der Waals surface area contributed by atoms with E-state index >= 15 is 0 Å². The fraction of sp³-hybridized carbons (Fsp3) is 0.333. The van der Waals surface area contributed by atoms with Crippen LogP contribution in [-0.2, 0) is 10.0 Å². The molecule has 12 heteroatoms. The fourth-order valence-corrected chi connectivity index (χ4v) is 2.42. The summed E-state index contributed by atoms with van der Waals surface area (Å²) >= 11 is 0. The molecule has 0 atom stereocenters. The lowest BCUT2D eigenvalue weighted by Gasteiger charge is -2.06.